The molecule has 0 aliphatic carbocycles. The second-order valence-electron chi connectivity index (χ2n) is 5.52. The number of piperidine rings is 1. The van der Waals surface area contributed by atoms with E-state index >= 15 is 0 Å². The molecule has 3 N–H and O–H groups in total. The summed E-state index contributed by atoms with van der Waals surface area (Å²) in [5.41, 5.74) is 5.98. The number of nitrogens with one attached hydrogen (secondary N) is 1. The minimum absolute atomic E-state index is 0.0511. The van der Waals surface area contributed by atoms with Crippen molar-refractivity contribution in [3.63, 3.8) is 0 Å². The van der Waals surface area contributed by atoms with E-state index < -0.39 is 6.04 Å². The Bertz CT molecular complexity index is 326. The van der Waals surface area contributed by atoms with E-state index in [2.05, 4.69) is 18.3 Å². The average Bonchev–Trinajstić information content (AvgIpc) is 2.49. The van der Waals surface area contributed by atoms with Crippen molar-refractivity contribution in [1.82, 2.24) is 10.2 Å². The molecule has 0 aromatic rings. The summed E-state index contributed by atoms with van der Waals surface area (Å²) in [4.78, 5) is 13.9. The van der Waals surface area contributed by atoms with E-state index in [1.807, 2.05) is 0 Å². The van der Waals surface area contributed by atoms with Gasteiger partial charge >= 0.3 is 0 Å². The molecule has 1 aliphatic heterocycles. The molecular formula is C15H28N4O. The summed E-state index contributed by atoms with van der Waals surface area (Å²) in [6.07, 6.45) is 6.76. The Morgan fingerprint density at radius 2 is 2.20 bits per heavy atom. The first-order valence-corrected chi connectivity index (χ1v) is 7.87. The zero-order valence-corrected chi connectivity index (χ0v) is 12.6. The van der Waals surface area contributed by atoms with Gasteiger partial charge in [-0.3, -0.25) is 4.79 Å². The first kappa shape index (κ1) is 16.9. The molecule has 0 saturated carbocycles. The van der Waals surface area contributed by atoms with Crippen LogP contribution in [0.1, 0.15) is 51.9 Å². The van der Waals surface area contributed by atoms with E-state index in [-0.39, 0.29) is 11.9 Å². The lowest BCUT2D eigenvalue weighted by molar-refractivity contribution is -0.135. The molecule has 1 heterocycles. The maximum Gasteiger partial charge on any atom is 0.240 e. The van der Waals surface area contributed by atoms with Crippen LogP contribution in [0, 0.1) is 11.3 Å². The molecule has 0 bridgehead atoms. The number of nitrogens with zero attached hydrogens (tertiary/aromatic N) is 2. The van der Waals surface area contributed by atoms with Gasteiger partial charge in [-0.05, 0) is 51.6 Å². The minimum atomic E-state index is -0.461. The Morgan fingerprint density at radius 1 is 1.45 bits per heavy atom. The third kappa shape index (κ3) is 5.48. The molecule has 2 atom stereocenters. The van der Waals surface area contributed by atoms with Gasteiger partial charge in [-0.15, -0.1) is 0 Å². The number of carbonyl (C=O) groups excluding carboxylic acids is 1. The number of hydrogen-bond donors (Lipinski definition) is 2. The molecular weight excluding hydrogens is 252 g/mol. The van der Waals surface area contributed by atoms with Crippen LogP contribution in [-0.4, -0.2) is 42.5 Å². The first-order valence-electron chi connectivity index (χ1n) is 7.87. The SMILES string of the molecule is CCCCNCCCC(N)C(=O)N1CCCCC1C#N. The average molecular weight is 280 g/mol. The van der Waals surface area contributed by atoms with Crippen LogP contribution in [0.3, 0.4) is 0 Å². The van der Waals surface area contributed by atoms with E-state index in [4.69, 9.17) is 11.0 Å². The van der Waals surface area contributed by atoms with Crippen molar-refractivity contribution in [3.8, 4) is 6.07 Å². The molecule has 0 radical (unpaired) electrons. The van der Waals surface area contributed by atoms with Crippen molar-refractivity contribution in [2.24, 2.45) is 5.73 Å². The maximum atomic E-state index is 12.3. The molecule has 1 saturated heterocycles. The van der Waals surface area contributed by atoms with Gasteiger partial charge in [-0.2, -0.15) is 5.26 Å². The predicted molar refractivity (Wildman–Crippen MR) is 80.0 cm³/mol. The summed E-state index contributed by atoms with van der Waals surface area (Å²) in [6, 6.07) is 1.48. The predicted octanol–water partition coefficient (Wildman–Crippen LogP) is 1.39. The summed E-state index contributed by atoms with van der Waals surface area (Å²) in [5.74, 6) is -0.0511. The first-order chi connectivity index (χ1) is 9.70. The third-order valence-corrected chi connectivity index (χ3v) is 3.83. The Labute approximate surface area is 122 Å². The van der Waals surface area contributed by atoms with E-state index in [0.717, 1.165) is 38.8 Å². The molecule has 114 valence electrons. The summed E-state index contributed by atoms with van der Waals surface area (Å²) in [7, 11) is 0. The fraction of sp³-hybridized carbons (Fsp3) is 0.867. The van der Waals surface area contributed by atoms with Crippen LogP contribution in [0.25, 0.3) is 0 Å². The van der Waals surface area contributed by atoms with Gasteiger partial charge in [0.1, 0.15) is 6.04 Å². The molecule has 5 heteroatoms. The van der Waals surface area contributed by atoms with Gasteiger partial charge in [0.2, 0.25) is 5.91 Å². The summed E-state index contributed by atoms with van der Waals surface area (Å²) in [5, 5.41) is 12.4. The van der Waals surface area contributed by atoms with Crippen LogP contribution in [0.4, 0.5) is 0 Å². The highest BCUT2D eigenvalue weighted by Crippen LogP contribution is 2.17. The van der Waals surface area contributed by atoms with E-state index in [9.17, 15) is 4.79 Å². The van der Waals surface area contributed by atoms with Crippen molar-refractivity contribution < 1.29 is 4.79 Å². The Kier molecular flexibility index (Phi) is 8.24. The monoisotopic (exact) mass is 280 g/mol. The highest BCUT2D eigenvalue weighted by atomic mass is 16.2. The van der Waals surface area contributed by atoms with Crippen LogP contribution in [-0.2, 0) is 4.79 Å². The van der Waals surface area contributed by atoms with Gasteiger partial charge < -0.3 is 16.0 Å². The van der Waals surface area contributed by atoms with Crippen molar-refractivity contribution in [2.45, 2.75) is 64.0 Å². The molecule has 0 spiro atoms. The summed E-state index contributed by atoms with van der Waals surface area (Å²) < 4.78 is 0. The summed E-state index contributed by atoms with van der Waals surface area (Å²) >= 11 is 0. The van der Waals surface area contributed by atoms with Gasteiger partial charge in [0.05, 0.1) is 12.1 Å². The van der Waals surface area contributed by atoms with Gasteiger partial charge in [0.15, 0.2) is 0 Å². The van der Waals surface area contributed by atoms with Gasteiger partial charge in [-0.1, -0.05) is 13.3 Å². The fourth-order valence-electron chi connectivity index (χ4n) is 2.54. The van der Waals surface area contributed by atoms with Crippen LogP contribution in [0.5, 0.6) is 0 Å². The maximum absolute atomic E-state index is 12.3. The van der Waals surface area contributed by atoms with Crippen LogP contribution >= 0.6 is 0 Å². The minimum Gasteiger partial charge on any atom is -0.325 e. The quantitative estimate of drug-likeness (QED) is 0.658. The Morgan fingerprint density at radius 3 is 2.90 bits per heavy atom. The second kappa shape index (κ2) is 9.73. The molecule has 1 rings (SSSR count). The fourth-order valence-corrected chi connectivity index (χ4v) is 2.54. The Hall–Kier alpha value is -1.12. The number of rotatable bonds is 8. The van der Waals surface area contributed by atoms with E-state index in [0.29, 0.717) is 13.0 Å². The van der Waals surface area contributed by atoms with Crippen LogP contribution in [0.15, 0.2) is 0 Å². The summed E-state index contributed by atoms with van der Waals surface area (Å²) in [6.45, 7) is 4.78. The van der Waals surface area contributed by atoms with Crippen molar-refractivity contribution in [2.75, 3.05) is 19.6 Å². The molecule has 5 nitrogen and oxygen atoms in total. The van der Waals surface area contributed by atoms with Crippen molar-refractivity contribution in [1.29, 1.82) is 5.26 Å². The number of unbranched alkanes of at least 4 members (excludes halogenated alkanes) is 1. The van der Waals surface area contributed by atoms with Gasteiger partial charge in [0.25, 0.3) is 0 Å². The molecule has 2 unspecified atom stereocenters. The van der Waals surface area contributed by atoms with Crippen molar-refractivity contribution in [3.05, 3.63) is 0 Å². The van der Waals surface area contributed by atoms with Crippen LogP contribution in [0.2, 0.25) is 0 Å². The van der Waals surface area contributed by atoms with Gasteiger partial charge in [0, 0.05) is 6.54 Å². The van der Waals surface area contributed by atoms with Crippen molar-refractivity contribution >= 4 is 5.91 Å². The number of likely N-dealkylation sites (tertiary alicyclic amines) is 1. The number of hydrogen-bond acceptors (Lipinski definition) is 4. The lowest BCUT2D eigenvalue weighted by Crippen LogP contribution is -2.50. The number of carbonyl (C=O) groups is 1. The third-order valence-electron chi connectivity index (χ3n) is 3.83. The molecule has 0 aromatic carbocycles. The second-order valence-corrected chi connectivity index (χ2v) is 5.52. The molecule has 1 aliphatic rings. The molecule has 1 fully saturated rings. The zero-order valence-electron chi connectivity index (χ0n) is 12.6. The standard InChI is InChI=1S/C15H28N4O/c1-2-3-9-18-10-6-8-14(17)15(20)19-11-5-4-7-13(19)12-16/h13-14,18H,2-11,17H2,1H3. The highest BCUT2D eigenvalue weighted by molar-refractivity contribution is 5.82. The van der Waals surface area contributed by atoms with E-state index in [1.54, 1.807) is 4.90 Å². The lowest BCUT2D eigenvalue weighted by atomic mass is 10.0. The zero-order chi connectivity index (χ0) is 14.8. The van der Waals surface area contributed by atoms with E-state index in [1.165, 1.54) is 12.8 Å². The molecule has 0 aromatic heterocycles. The molecule has 1 amide bonds. The number of amides is 1. The lowest BCUT2D eigenvalue weighted by Gasteiger charge is -2.33. The topological polar surface area (TPSA) is 82.2 Å². The highest BCUT2D eigenvalue weighted by Gasteiger charge is 2.29. The number of nitrogens with two attached hydrogens (primary N) is 1. The normalized spacial score (nSPS) is 20.4. The van der Waals surface area contributed by atoms with Gasteiger partial charge in [-0.25, -0.2) is 0 Å². The smallest absolute Gasteiger partial charge is 0.240 e. The number of nitriles is 1. The Balaban J connectivity index is 2.26. The largest absolute Gasteiger partial charge is 0.325 e. The van der Waals surface area contributed by atoms with Crippen LogP contribution < -0.4 is 11.1 Å². The molecule has 20 heavy (non-hydrogen) atoms.